The zero-order chi connectivity index (χ0) is 43.2. The first-order valence-corrected chi connectivity index (χ1v) is 21.0. The van der Waals surface area contributed by atoms with Crippen LogP contribution < -0.4 is 16.2 Å². The Morgan fingerprint density at radius 3 is 2.57 bits per heavy atom. The van der Waals surface area contributed by atoms with Crippen molar-refractivity contribution in [3.63, 3.8) is 0 Å². The Morgan fingerprint density at radius 2 is 1.85 bits per heavy atom. The summed E-state index contributed by atoms with van der Waals surface area (Å²) >= 11 is 0. The summed E-state index contributed by atoms with van der Waals surface area (Å²) in [5.41, 5.74) is -0.339. The average molecular weight is 862 g/mol. The number of ether oxygens (including phenoxy) is 2. The fourth-order valence-corrected chi connectivity index (χ4v) is 9.98. The minimum Gasteiger partial charge on any atom is -0.396 e. The van der Waals surface area contributed by atoms with Crippen molar-refractivity contribution in [2.24, 2.45) is 23.2 Å². The second-order valence-corrected chi connectivity index (χ2v) is 17.2. The molecule has 5 aromatic rings. The topological polar surface area (TPSA) is 273 Å². The van der Waals surface area contributed by atoms with Gasteiger partial charge in [-0.25, -0.2) is 31.1 Å². The number of phosphoric acid groups is 1. The summed E-state index contributed by atoms with van der Waals surface area (Å²) in [6, 6.07) is 8.31. The predicted octanol–water partition coefficient (Wildman–Crippen LogP) is 2.71. The quantitative estimate of drug-likeness (QED) is 0.0542. The number of carbonyl (C=O) groups is 2. The molecule has 1 aliphatic heterocycles. The van der Waals surface area contributed by atoms with E-state index in [0.717, 1.165) is 0 Å². The van der Waals surface area contributed by atoms with E-state index < -0.39 is 67.9 Å². The van der Waals surface area contributed by atoms with Crippen LogP contribution in [0.2, 0.25) is 0 Å². The van der Waals surface area contributed by atoms with Gasteiger partial charge in [0, 0.05) is 36.0 Å². The van der Waals surface area contributed by atoms with Gasteiger partial charge in [-0.1, -0.05) is 39.0 Å². The van der Waals surface area contributed by atoms with E-state index in [0.29, 0.717) is 23.1 Å². The number of H-pyrrole nitrogens is 1. The molecule has 5 N–H and O–H groups in total. The van der Waals surface area contributed by atoms with Crippen molar-refractivity contribution in [3.05, 3.63) is 76.6 Å². The molecule has 2 aliphatic carbocycles. The predicted molar refractivity (Wildman–Crippen MR) is 214 cm³/mol. The Balaban J connectivity index is 1.02. The summed E-state index contributed by atoms with van der Waals surface area (Å²) in [5.74, 6) is -1.67. The molecule has 61 heavy (non-hydrogen) atoms. The lowest BCUT2D eigenvalue weighted by molar-refractivity contribution is -0.118. The summed E-state index contributed by atoms with van der Waals surface area (Å²) in [6.45, 7) is 11.2. The molecular weight excluding hydrogens is 817 g/mol. The Morgan fingerprint density at radius 1 is 1.10 bits per heavy atom. The minimum absolute atomic E-state index is 0.00289. The highest BCUT2D eigenvalue weighted by atomic mass is 31.2. The third-order valence-corrected chi connectivity index (χ3v) is 13.0. The highest BCUT2D eigenvalue weighted by Gasteiger charge is 2.72. The van der Waals surface area contributed by atoms with E-state index in [-0.39, 0.29) is 66.5 Å². The standard InChI is InChI=1S/C38H44N11O11P/c1-19(2)33(52)46-37-45-32-25(35(54)47-37)43-18-49(32)36-27(51)28(56-5)23(59-36)14-58-61(55,57-12-11-39-4)60-29-20(3)26(22-13-38(22,29)15-50)48-17-42-24-30(40-16-41-31(24)48)44-34(53)21-9-7-6-8-10-21/h6-10,16-20,22-23,26-29,36,50-51H,11-15H2,1-3,5H3,(H,40,41,44,53)(H2,45,46,47,52,54)/t20-,22+,23+,26-,27+,28+,29-,36+,38-,61?/m0/s1. The Kier molecular flexibility index (Phi) is 11.6. The fraction of sp³-hybridized carbons (Fsp3) is 0.500. The van der Waals surface area contributed by atoms with Crippen LogP contribution >= 0.6 is 7.82 Å². The van der Waals surface area contributed by atoms with Crippen molar-refractivity contribution < 1.29 is 47.4 Å². The zero-order valence-corrected chi connectivity index (χ0v) is 34.3. The number of hydrogen-bond donors (Lipinski definition) is 5. The first-order chi connectivity index (χ1) is 29.3. The number of aliphatic hydroxyl groups excluding tert-OH is 2. The van der Waals surface area contributed by atoms with Crippen LogP contribution in [-0.4, -0.2) is 119 Å². The van der Waals surface area contributed by atoms with Gasteiger partial charge >= 0.3 is 7.82 Å². The number of anilines is 2. The summed E-state index contributed by atoms with van der Waals surface area (Å²) in [6.07, 6.45) is -0.975. The summed E-state index contributed by atoms with van der Waals surface area (Å²) < 4.78 is 47.5. The van der Waals surface area contributed by atoms with Gasteiger partial charge < -0.3 is 34.4 Å². The number of methoxy groups -OCH3 is 1. The Labute approximate surface area is 347 Å². The van der Waals surface area contributed by atoms with E-state index >= 15 is 0 Å². The second-order valence-electron chi connectivity index (χ2n) is 15.5. The zero-order valence-electron chi connectivity index (χ0n) is 33.4. The summed E-state index contributed by atoms with van der Waals surface area (Å²) in [7, 11) is -3.22. The van der Waals surface area contributed by atoms with Crippen LogP contribution in [0.25, 0.3) is 27.2 Å². The van der Waals surface area contributed by atoms with Gasteiger partial charge in [-0.3, -0.25) is 42.8 Å². The molecular formula is C38H44N11O11P. The molecule has 4 aromatic heterocycles. The van der Waals surface area contributed by atoms with Gasteiger partial charge in [-0.05, 0) is 24.5 Å². The molecule has 0 bridgehead atoms. The summed E-state index contributed by atoms with van der Waals surface area (Å²) in [4.78, 5) is 65.8. The van der Waals surface area contributed by atoms with Gasteiger partial charge in [-0.15, -0.1) is 0 Å². The second kappa shape index (κ2) is 16.8. The molecule has 322 valence electrons. The number of carbonyl (C=O) groups excluding carboxylic acids is 2. The maximum Gasteiger partial charge on any atom is 0.475 e. The Bertz CT molecular complexity index is 2600. The molecule has 23 heteroatoms. The number of amides is 2. The molecule has 0 spiro atoms. The van der Waals surface area contributed by atoms with Crippen molar-refractivity contribution in [3.8, 4) is 0 Å². The van der Waals surface area contributed by atoms with Crippen LogP contribution in [0, 0.1) is 29.7 Å². The number of imidazole rings is 2. The maximum atomic E-state index is 14.6. The van der Waals surface area contributed by atoms with Crippen LogP contribution in [0.4, 0.5) is 11.8 Å². The molecule has 1 saturated heterocycles. The van der Waals surface area contributed by atoms with E-state index in [1.807, 2.05) is 11.5 Å². The molecule has 3 fully saturated rings. The van der Waals surface area contributed by atoms with E-state index in [4.69, 9.17) is 29.6 Å². The van der Waals surface area contributed by atoms with Gasteiger partial charge in [0.15, 0.2) is 34.4 Å². The molecule has 0 radical (unpaired) electrons. The maximum absolute atomic E-state index is 14.6. The van der Waals surface area contributed by atoms with Crippen LogP contribution in [0.5, 0.6) is 0 Å². The normalized spacial score (nSPS) is 27.8. The fourth-order valence-electron chi connectivity index (χ4n) is 8.47. The third kappa shape index (κ3) is 7.72. The molecule has 22 nitrogen and oxygen atoms in total. The third-order valence-electron chi connectivity index (χ3n) is 11.6. The number of benzene rings is 1. The van der Waals surface area contributed by atoms with E-state index in [2.05, 4.69) is 45.4 Å². The highest BCUT2D eigenvalue weighted by Crippen LogP contribution is 2.73. The summed E-state index contributed by atoms with van der Waals surface area (Å²) in [5, 5.41) is 27.6. The van der Waals surface area contributed by atoms with Gasteiger partial charge in [0.25, 0.3) is 11.5 Å². The number of fused-ring (bicyclic) bond motifs is 3. The van der Waals surface area contributed by atoms with Gasteiger partial charge in [0.1, 0.15) is 31.2 Å². The molecule has 2 amide bonds. The minimum atomic E-state index is -4.56. The smallest absolute Gasteiger partial charge is 0.396 e. The average Bonchev–Trinajstić information content (AvgIpc) is 3.51. The van der Waals surface area contributed by atoms with Crippen molar-refractivity contribution in [2.45, 2.75) is 63.9 Å². The van der Waals surface area contributed by atoms with Crippen LogP contribution in [0.1, 0.15) is 49.8 Å². The number of aliphatic hydroxyl groups is 2. The van der Waals surface area contributed by atoms with E-state index in [9.17, 15) is 29.2 Å². The van der Waals surface area contributed by atoms with Crippen LogP contribution in [-0.2, 0) is 32.4 Å². The lowest BCUT2D eigenvalue weighted by Crippen LogP contribution is -2.36. The SMILES string of the molecule is [C-]#[N+]CCOP(=O)(OC[C@H]1O[C@@H](n2cnc3c(=O)[nH]c(NC(=O)C(C)C)nc32)[C@H](O)[C@@H]1OC)O[C@H]1[C@@H](C)[C@H](n2cnc3c(NC(=O)c4ccccc4)ncnc32)[C@H]2C[C@]21CO. The monoisotopic (exact) mass is 861 g/mol. The Hall–Kier alpha value is -5.50. The largest absolute Gasteiger partial charge is 0.475 e. The number of hydrogen-bond acceptors (Lipinski definition) is 16. The van der Waals surface area contributed by atoms with Gasteiger partial charge in [-0.2, -0.15) is 4.98 Å². The van der Waals surface area contributed by atoms with Crippen molar-refractivity contribution in [2.75, 3.05) is 44.1 Å². The molecule has 2 saturated carbocycles. The molecule has 8 rings (SSSR count). The van der Waals surface area contributed by atoms with E-state index in [1.165, 1.54) is 24.3 Å². The molecule has 5 heterocycles. The number of aromatic nitrogens is 8. The molecule has 10 atom stereocenters. The first-order valence-electron chi connectivity index (χ1n) is 19.5. The van der Waals surface area contributed by atoms with Gasteiger partial charge in [0.2, 0.25) is 18.4 Å². The highest BCUT2D eigenvalue weighted by molar-refractivity contribution is 7.48. The van der Waals surface area contributed by atoms with Crippen LogP contribution in [0.3, 0.4) is 0 Å². The number of rotatable bonds is 16. The van der Waals surface area contributed by atoms with Crippen molar-refractivity contribution in [1.29, 1.82) is 0 Å². The van der Waals surface area contributed by atoms with Crippen molar-refractivity contribution in [1.82, 2.24) is 39.0 Å². The molecule has 3 aliphatic rings. The molecule has 1 unspecified atom stereocenters. The van der Waals surface area contributed by atoms with E-state index in [1.54, 1.807) is 50.5 Å². The number of phosphoric ester groups is 1. The van der Waals surface area contributed by atoms with Gasteiger partial charge in [0.05, 0.1) is 32.0 Å². The lowest BCUT2D eigenvalue weighted by Gasteiger charge is -2.31. The number of nitrogens with zero attached hydrogens (tertiary/aromatic N) is 8. The lowest BCUT2D eigenvalue weighted by atomic mass is 9.94. The molecule has 1 aromatic carbocycles. The van der Waals surface area contributed by atoms with Crippen molar-refractivity contribution >= 4 is 53.7 Å². The number of aromatic amines is 1. The van der Waals surface area contributed by atoms with Crippen LogP contribution in [0.15, 0.2) is 54.1 Å². The number of nitrogens with one attached hydrogen (secondary N) is 3. The first kappa shape index (κ1) is 42.2.